The second-order valence-corrected chi connectivity index (χ2v) is 5.36. The maximum atomic E-state index is 11.6. The minimum atomic E-state index is -3.57. The molecular formula is C9H12ClNO3S. The Morgan fingerprint density at radius 1 is 1.53 bits per heavy atom. The van der Waals surface area contributed by atoms with Crippen LogP contribution in [0.15, 0.2) is 29.2 Å². The van der Waals surface area contributed by atoms with E-state index in [9.17, 15) is 8.42 Å². The number of nitrogens with one attached hydrogen (secondary N) is 1. The first-order chi connectivity index (χ1) is 6.92. The van der Waals surface area contributed by atoms with Crippen LogP contribution < -0.4 is 4.72 Å². The van der Waals surface area contributed by atoms with Gasteiger partial charge in [0.15, 0.2) is 0 Å². The van der Waals surface area contributed by atoms with E-state index in [0.717, 1.165) is 0 Å². The Kier molecular flexibility index (Phi) is 4.10. The number of rotatable bonds is 4. The molecule has 0 heterocycles. The quantitative estimate of drug-likeness (QED) is 0.837. The van der Waals surface area contributed by atoms with Crippen molar-refractivity contribution >= 4 is 21.6 Å². The Balaban J connectivity index is 2.87. The molecule has 0 aliphatic heterocycles. The zero-order valence-electron chi connectivity index (χ0n) is 8.14. The molecule has 1 atom stereocenters. The molecular weight excluding hydrogens is 238 g/mol. The topological polar surface area (TPSA) is 66.4 Å². The molecule has 2 N–H and O–H groups in total. The highest BCUT2D eigenvalue weighted by Crippen LogP contribution is 2.14. The summed E-state index contributed by atoms with van der Waals surface area (Å²) >= 11 is 5.67. The fourth-order valence-corrected chi connectivity index (χ4v) is 2.37. The van der Waals surface area contributed by atoms with E-state index in [0.29, 0.717) is 5.02 Å². The van der Waals surface area contributed by atoms with Crippen molar-refractivity contribution < 1.29 is 13.5 Å². The van der Waals surface area contributed by atoms with Gasteiger partial charge in [0.25, 0.3) is 0 Å². The van der Waals surface area contributed by atoms with Crippen molar-refractivity contribution in [3.8, 4) is 0 Å². The number of hydrogen-bond donors (Lipinski definition) is 2. The highest BCUT2D eigenvalue weighted by Gasteiger charge is 2.14. The third kappa shape index (κ3) is 3.79. The SMILES string of the molecule is C[C@@H](O)CNS(=O)(=O)c1cccc(Cl)c1. The van der Waals surface area contributed by atoms with Crippen molar-refractivity contribution in [2.45, 2.75) is 17.9 Å². The molecule has 6 heteroatoms. The highest BCUT2D eigenvalue weighted by atomic mass is 35.5. The average Bonchev–Trinajstić information content (AvgIpc) is 2.15. The Morgan fingerprint density at radius 2 is 2.20 bits per heavy atom. The maximum absolute atomic E-state index is 11.6. The molecule has 0 bridgehead atoms. The van der Waals surface area contributed by atoms with Crippen LogP contribution in [0, 0.1) is 0 Å². The zero-order chi connectivity index (χ0) is 11.5. The minimum absolute atomic E-state index is 0.0190. The molecule has 0 aliphatic rings. The lowest BCUT2D eigenvalue weighted by atomic mass is 10.4. The van der Waals surface area contributed by atoms with Crippen molar-refractivity contribution in [1.29, 1.82) is 0 Å². The van der Waals surface area contributed by atoms with E-state index in [2.05, 4.69) is 4.72 Å². The van der Waals surface area contributed by atoms with Gasteiger partial charge in [0.1, 0.15) is 0 Å². The number of aliphatic hydroxyl groups excluding tert-OH is 1. The van der Waals surface area contributed by atoms with Crippen LogP contribution in [-0.2, 0) is 10.0 Å². The fraction of sp³-hybridized carbons (Fsp3) is 0.333. The van der Waals surface area contributed by atoms with Gasteiger partial charge in [-0.3, -0.25) is 0 Å². The minimum Gasteiger partial charge on any atom is -0.392 e. The van der Waals surface area contributed by atoms with Gasteiger partial charge < -0.3 is 5.11 Å². The summed E-state index contributed by atoms with van der Waals surface area (Å²) in [4.78, 5) is 0.0932. The first-order valence-electron chi connectivity index (χ1n) is 4.35. The molecule has 84 valence electrons. The molecule has 15 heavy (non-hydrogen) atoms. The second kappa shape index (κ2) is 4.94. The smallest absolute Gasteiger partial charge is 0.240 e. The first-order valence-corrected chi connectivity index (χ1v) is 6.21. The molecule has 4 nitrogen and oxygen atoms in total. The van der Waals surface area contributed by atoms with E-state index in [1.54, 1.807) is 12.1 Å². The zero-order valence-corrected chi connectivity index (χ0v) is 9.72. The molecule has 0 saturated carbocycles. The van der Waals surface area contributed by atoms with Gasteiger partial charge in [-0.1, -0.05) is 17.7 Å². The Bertz CT molecular complexity index is 431. The van der Waals surface area contributed by atoms with E-state index in [1.165, 1.54) is 19.1 Å². The summed E-state index contributed by atoms with van der Waals surface area (Å²) in [7, 11) is -3.57. The molecule has 0 unspecified atom stereocenters. The summed E-state index contributed by atoms with van der Waals surface area (Å²) in [5.74, 6) is 0. The summed E-state index contributed by atoms with van der Waals surface area (Å²) in [6, 6.07) is 5.94. The third-order valence-electron chi connectivity index (χ3n) is 1.68. The number of benzene rings is 1. The van der Waals surface area contributed by atoms with Crippen molar-refractivity contribution in [3.05, 3.63) is 29.3 Å². The van der Waals surface area contributed by atoms with Crippen molar-refractivity contribution in [3.63, 3.8) is 0 Å². The average molecular weight is 250 g/mol. The van der Waals surface area contributed by atoms with Crippen LogP contribution in [-0.4, -0.2) is 26.2 Å². The van der Waals surface area contributed by atoms with E-state index >= 15 is 0 Å². The highest BCUT2D eigenvalue weighted by molar-refractivity contribution is 7.89. The largest absolute Gasteiger partial charge is 0.392 e. The third-order valence-corrected chi connectivity index (χ3v) is 3.33. The van der Waals surface area contributed by atoms with Crippen molar-refractivity contribution in [2.75, 3.05) is 6.54 Å². The van der Waals surface area contributed by atoms with Crippen LogP contribution in [0.2, 0.25) is 5.02 Å². The van der Waals surface area contributed by atoms with E-state index < -0.39 is 16.1 Å². The first kappa shape index (κ1) is 12.4. The second-order valence-electron chi connectivity index (χ2n) is 3.16. The van der Waals surface area contributed by atoms with Crippen LogP contribution in [0.4, 0.5) is 0 Å². The Hall–Kier alpha value is -0.620. The number of aliphatic hydroxyl groups is 1. The van der Waals surface area contributed by atoms with Gasteiger partial charge in [-0.2, -0.15) is 0 Å². The molecule has 0 spiro atoms. The lowest BCUT2D eigenvalue weighted by molar-refractivity contribution is 0.198. The molecule has 0 fully saturated rings. The summed E-state index contributed by atoms with van der Waals surface area (Å²) in [5, 5.41) is 9.32. The van der Waals surface area contributed by atoms with Crippen LogP contribution >= 0.6 is 11.6 Å². The lowest BCUT2D eigenvalue weighted by Gasteiger charge is -2.08. The van der Waals surface area contributed by atoms with E-state index in [1.807, 2.05) is 0 Å². The molecule has 1 aromatic carbocycles. The van der Waals surface area contributed by atoms with Crippen molar-refractivity contribution in [1.82, 2.24) is 4.72 Å². The number of hydrogen-bond acceptors (Lipinski definition) is 3. The van der Waals surface area contributed by atoms with Crippen LogP contribution in [0.1, 0.15) is 6.92 Å². The van der Waals surface area contributed by atoms with Gasteiger partial charge in [-0.25, -0.2) is 13.1 Å². The fourth-order valence-electron chi connectivity index (χ4n) is 0.948. The van der Waals surface area contributed by atoms with Gasteiger partial charge in [-0.05, 0) is 25.1 Å². The van der Waals surface area contributed by atoms with Crippen LogP contribution in [0.25, 0.3) is 0 Å². The number of sulfonamides is 1. The van der Waals surface area contributed by atoms with E-state index in [-0.39, 0.29) is 11.4 Å². The number of halogens is 1. The molecule has 0 radical (unpaired) electrons. The van der Waals surface area contributed by atoms with Crippen LogP contribution in [0.3, 0.4) is 0 Å². The Morgan fingerprint density at radius 3 is 2.73 bits per heavy atom. The van der Waals surface area contributed by atoms with E-state index in [4.69, 9.17) is 16.7 Å². The van der Waals surface area contributed by atoms with Gasteiger partial charge in [0, 0.05) is 11.6 Å². The molecule has 0 aliphatic carbocycles. The monoisotopic (exact) mass is 249 g/mol. The van der Waals surface area contributed by atoms with Gasteiger partial charge in [0.2, 0.25) is 10.0 Å². The predicted molar refractivity (Wildman–Crippen MR) is 58.3 cm³/mol. The molecule has 0 saturated heterocycles. The summed E-state index contributed by atoms with van der Waals surface area (Å²) in [6.07, 6.45) is -0.723. The van der Waals surface area contributed by atoms with Crippen LogP contribution in [0.5, 0.6) is 0 Å². The summed E-state index contributed by atoms with van der Waals surface area (Å²) < 4.78 is 25.5. The maximum Gasteiger partial charge on any atom is 0.240 e. The molecule has 1 aromatic rings. The summed E-state index contributed by atoms with van der Waals surface area (Å²) in [5.41, 5.74) is 0. The molecule has 1 rings (SSSR count). The standard InChI is InChI=1S/C9H12ClNO3S/c1-7(12)6-11-15(13,14)9-4-2-3-8(10)5-9/h2-5,7,11-12H,6H2,1H3/t7-/m1/s1. The van der Waals surface area contributed by atoms with Gasteiger partial charge in [0.05, 0.1) is 11.0 Å². The summed E-state index contributed by atoms with van der Waals surface area (Å²) in [6.45, 7) is 1.48. The molecule has 0 aromatic heterocycles. The van der Waals surface area contributed by atoms with Gasteiger partial charge in [-0.15, -0.1) is 0 Å². The normalized spacial score (nSPS) is 13.8. The van der Waals surface area contributed by atoms with Gasteiger partial charge >= 0.3 is 0 Å². The molecule has 0 amide bonds. The predicted octanol–water partition coefficient (Wildman–Crippen LogP) is 0.999. The van der Waals surface area contributed by atoms with Crippen molar-refractivity contribution in [2.24, 2.45) is 0 Å². The lowest BCUT2D eigenvalue weighted by Crippen LogP contribution is -2.30. The Labute approximate surface area is 93.9 Å².